The third kappa shape index (κ3) is 3.14. The molecule has 0 radical (unpaired) electrons. The minimum Gasteiger partial charge on any atom is -0.388 e. The largest absolute Gasteiger partial charge is 0.388 e. The van der Waals surface area contributed by atoms with Crippen LogP contribution in [0.25, 0.3) is 0 Å². The van der Waals surface area contributed by atoms with Crippen molar-refractivity contribution in [1.29, 1.82) is 5.26 Å². The topological polar surface area (TPSA) is 82.9 Å². The van der Waals surface area contributed by atoms with E-state index in [1.165, 1.54) is 5.56 Å². The van der Waals surface area contributed by atoms with Crippen molar-refractivity contribution in [3.8, 4) is 6.07 Å². The maximum absolute atomic E-state index is 9.27. The molecule has 1 aliphatic rings. The van der Waals surface area contributed by atoms with Crippen molar-refractivity contribution in [2.75, 3.05) is 13.1 Å². The highest BCUT2D eigenvalue weighted by Gasteiger charge is 2.26. The Morgan fingerprint density at radius 2 is 2.22 bits per heavy atom. The van der Waals surface area contributed by atoms with Gasteiger partial charge in [-0.2, -0.15) is 5.26 Å². The zero-order chi connectivity index (χ0) is 16.4. The summed E-state index contributed by atoms with van der Waals surface area (Å²) in [5, 5.41) is 26.6. The maximum atomic E-state index is 9.27. The SMILES string of the molecule is Cn1cc(CN2CCC[C@@H](c3nnc(CO)n3C)C2)cc1C#N. The molecule has 7 heteroatoms. The molecule has 1 fully saturated rings. The number of hydrogen-bond donors (Lipinski definition) is 1. The van der Waals surface area contributed by atoms with Crippen LogP contribution in [-0.2, 0) is 27.2 Å². The van der Waals surface area contributed by atoms with Crippen molar-refractivity contribution in [3.63, 3.8) is 0 Å². The second-order valence-electron chi connectivity index (χ2n) is 6.22. The second-order valence-corrected chi connectivity index (χ2v) is 6.22. The van der Waals surface area contributed by atoms with Gasteiger partial charge in [0.2, 0.25) is 0 Å². The molecule has 122 valence electrons. The molecular weight excluding hydrogens is 292 g/mol. The number of aliphatic hydroxyl groups is 1. The summed E-state index contributed by atoms with van der Waals surface area (Å²) in [5.74, 6) is 1.89. The van der Waals surface area contributed by atoms with Gasteiger partial charge in [0.1, 0.15) is 24.2 Å². The van der Waals surface area contributed by atoms with E-state index in [-0.39, 0.29) is 6.61 Å². The lowest BCUT2D eigenvalue weighted by atomic mass is 9.97. The second kappa shape index (κ2) is 6.52. The van der Waals surface area contributed by atoms with Crippen LogP contribution >= 0.6 is 0 Å². The minimum absolute atomic E-state index is 0.0825. The average molecular weight is 314 g/mol. The Bertz CT molecular complexity index is 725. The molecule has 0 aliphatic carbocycles. The van der Waals surface area contributed by atoms with Crippen LogP contribution in [0.1, 0.15) is 41.7 Å². The van der Waals surface area contributed by atoms with Crippen LogP contribution in [0.3, 0.4) is 0 Å². The highest BCUT2D eigenvalue weighted by atomic mass is 16.3. The van der Waals surface area contributed by atoms with Crippen LogP contribution < -0.4 is 0 Å². The van der Waals surface area contributed by atoms with Gasteiger partial charge < -0.3 is 14.2 Å². The first kappa shape index (κ1) is 15.7. The number of aryl methyl sites for hydroxylation is 1. The summed E-state index contributed by atoms with van der Waals surface area (Å²) in [4.78, 5) is 2.40. The maximum Gasteiger partial charge on any atom is 0.158 e. The highest BCUT2D eigenvalue weighted by Crippen LogP contribution is 2.27. The molecule has 1 saturated heterocycles. The first-order chi connectivity index (χ1) is 11.1. The van der Waals surface area contributed by atoms with Crippen LogP contribution in [0.15, 0.2) is 12.3 Å². The van der Waals surface area contributed by atoms with E-state index >= 15 is 0 Å². The zero-order valence-corrected chi connectivity index (χ0v) is 13.6. The Balaban J connectivity index is 1.70. The Hall–Kier alpha value is -2.17. The molecule has 0 amide bonds. The number of piperidine rings is 1. The molecule has 3 heterocycles. The van der Waals surface area contributed by atoms with E-state index in [1.807, 2.05) is 35.5 Å². The highest BCUT2D eigenvalue weighted by molar-refractivity contribution is 5.28. The Labute approximate surface area is 135 Å². The van der Waals surface area contributed by atoms with Crippen molar-refractivity contribution in [3.05, 3.63) is 35.2 Å². The van der Waals surface area contributed by atoms with E-state index in [9.17, 15) is 5.11 Å². The normalized spacial score (nSPS) is 19.0. The van der Waals surface area contributed by atoms with Crippen LogP contribution in [0.4, 0.5) is 0 Å². The molecule has 0 unspecified atom stereocenters. The molecule has 2 aromatic heterocycles. The Kier molecular flexibility index (Phi) is 4.46. The third-order valence-electron chi connectivity index (χ3n) is 4.59. The van der Waals surface area contributed by atoms with Crippen molar-refractivity contribution >= 4 is 0 Å². The molecule has 0 bridgehead atoms. The van der Waals surface area contributed by atoms with Crippen LogP contribution in [0, 0.1) is 11.3 Å². The summed E-state index contributed by atoms with van der Waals surface area (Å²) in [5.41, 5.74) is 1.85. The lowest BCUT2D eigenvalue weighted by molar-refractivity contribution is 0.194. The lowest BCUT2D eigenvalue weighted by Crippen LogP contribution is -2.34. The monoisotopic (exact) mass is 314 g/mol. The minimum atomic E-state index is -0.0825. The number of aliphatic hydroxyl groups excluding tert-OH is 1. The fourth-order valence-electron chi connectivity index (χ4n) is 3.37. The van der Waals surface area contributed by atoms with E-state index in [2.05, 4.69) is 21.2 Å². The predicted octanol–water partition coefficient (Wildman–Crippen LogP) is 0.897. The zero-order valence-electron chi connectivity index (χ0n) is 13.6. The Morgan fingerprint density at radius 3 is 2.87 bits per heavy atom. The van der Waals surface area contributed by atoms with Gasteiger partial charge >= 0.3 is 0 Å². The van der Waals surface area contributed by atoms with Crippen molar-refractivity contribution in [2.45, 2.75) is 31.9 Å². The summed E-state index contributed by atoms with van der Waals surface area (Å²) in [6, 6.07) is 4.16. The molecule has 7 nitrogen and oxygen atoms in total. The van der Waals surface area contributed by atoms with Crippen LogP contribution in [0.5, 0.6) is 0 Å². The standard InChI is InChI=1S/C16H22N6O/c1-20-8-12(6-14(20)7-17)9-22-5-3-4-13(10-22)16-19-18-15(11-23)21(16)2/h6,8,13,23H,3-5,9-11H2,1-2H3/t13-/m1/s1. The van der Waals surface area contributed by atoms with Gasteiger partial charge in [-0.3, -0.25) is 4.90 Å². The number of hydrogen-bond acceptors (Lipinski definition) is 5. The van der Waals surface area contributed by atoms with E-state index < -0.39 is 0 Å². The molecule has 23 heavy (non-hydrogen) atoms. The van der Waals surface area contributed by atoms with E-state index in [0.29, 0.717) is 17.4 Å². The van der Waals surface area contributed by atoms with E-state index in [4.69, 9.17) is 5.26 Å². The summed E-state index contributed by atoms with van der Waals surface area (Å²) >= 11 is 0. The molecule has 1 atom stereocenters. The van der Waals surface area contributed by atoms with Crippen LogP contribution in [-0.4, -0.2) is 42.4 Å². The quantitative estimate of drug-likeness (QED) is 0.906. The molecule has 0 aromatic carbocycles. The van der Waals surface area contributed by atoms with Crippen molar-refractivity contribution < 1.29 is 5.11 Å². The molecule has 0 spiro atoms. The predicted molar refractivity (Wildman–Crippen MR) is 84.3 cm³/mol. The first-order valence-electron chi connectivity index (χ1n) is 7.89. The summed E-state index contributed by atoms with van der Waals surface area (Å²) < 4.78 is 3.78. The van der Waals surface area contributed by atoms with Gasteiger partial charge in [-0.25, -0.2) is 0 Å². The molecule has 2 aromatic rings. The number of aromatic nitrogens is 4. The fourth-order valence-corrected chi connectivity index (χ4v) is 3.37. The molecule has 1 N–H and O–H groups in total. The van der Waals surface area contributed by atoms with Gasteiger partial charge in [0, 0.05) is 39.3 Å². The summed E-state index contributed by atoms with van der Waals surface area (Å²) in [6.07, 6.45) is 4.23. The van der Waals surface area contributed by atoms with Crippen molar-refractivity contribution in [2.24, 2.45) is 14.1 Å². The summed E-state index contributed by atoms with van der Waals surface area (Å²) in [7, 11) is 3.81. The third-order valence-corrected chi connectivity index (χ3v) is 4.59. The van der Waals surface area contributed by atoms with Gasteiger partial charge in [0.05, 0.1) is 0 Å². The van der Waals surface area contributed by atoms with Gasteiger partial charge in [0.15, 0.2) is 5.82 Å². The number of nitriles is 1. The van der Waals surface area contributed by atoms with Gasteiger partial charge in [-0.1, -0.05) is 0 Å². The average Bonchev–Trinajstić information content (AvgIpc) is 3.09. The van der Waals surface area contributed by atoms with E-state index in [1.54, 1.807) is 0 Å². The smallest absolute Gasteiger partial charge is 0.158 e. The molecule has 1 aliphatic heterocycles. The van der Waals surface area contributed by atoms with Gasteiger partial charge in [0.25, 0.3) is 0 Å². The van der Waals surface area contributed by atoms with Crippen LogP contribution in [0.2, 0.25) is 0 Å². The molecule has 0 saturated carbocycles. The molecule has 3 rings (SSSR count). The Morgan fingerprint density at radius 1 is 1.39 bits per heavy atom. The van der Waals surface area contributed by atoms with Crippen molar-refractivity contribution in [1.82, 2.24) is 24.2 Å². The number of likely N-dealkylation sites (tertiary alicyclic amines) is 1. The first-order valence-corrected chi connectivity index (χ1v) is 7.89. The summed E-state index contributed by atoms with van der Waals surface area (Å²) in [6.45, 7) is 2.74. The fraction of sp³-hybridized carbons (Fsp3) is 0.562. The number of nitrogens with zero attached hydrogens (tertiary/aromatic N) is 6. The lowest BCUT2D eigenvalue weighted by Gasteiger charge is -2.31. The van der Waals surface area contributed by atoms with Gasteiger partial charge in [-0.05, 0) is 31.0 Å². The van der Waals surface area contributed by atoms with E-state index in [0.717, 1.165) is 38.3 Å². The molecular formula is C16H22N6O. The van der Waals surface area contributed by atoms with Gasteiger partial charge in [-0.15, -0.1) is 10.2 Å². The number of rotatable bonds is 4.